The molecule has 0 saturated carbocycles. The number of hydrogen-bond donors (Lipinski definition) is 1. The number of fused-ring (bicyclic) bond motifs is 1. The smallest absolute Gasteiger partial charge is 0.207 e. The van der Waals surface area contributed by atoms with Crippen LogP contribution in [0.5, 0.6) is 0 Å². The van der Waals surface area contributed by atoms with Crippen LogP contribution in [-0.2, 0) is 9.59 Å². The number of benzene rings is 2. The minimum atomic E-state index is -0.254. The van der Waals surface area contributed by atoms with E-state index in [2.05, 4.69) is 5.32 Å². The largest absolute Gasteiger partial charge is 0.351 e. The molecule has 17 heavy (non-hydrogen) atoms. The van der Waals surface area contributed by atoms with Gasteiger partial charge in [-0.15, -0.1) is 0 Å². The first-order chi connectivity index (χ1) is 8.36. The van der Waals surface area contributed by atoms with E-state index in [-0.39, 0.29) is 12.5 Å². The summed E-state index contributed by atoms with van der Waals surface area (Å²) in [5.41, 5.74) is 0.974. The van der Waals surface area contributed by atoms with Gasteiger partial charge < -0.3 is 10.1 Å². The van der Waals surface area contributed by atoms with E-state index in [1.165, 1.54) is 0 Å². The summed E-state index contributed by atoms with van der Waals surface area (Å²) < 4.78 is 0. The van der Waals surface area contributed by atoms with Crippen LogP contribution in [-0.4, -0.2) is 12.7 Å². The van der Waals surface area contributed by atoms with Crippen LogP contribution in [0.3, 0.4) is 0 Å². The molecule has 2 aromatic carbocycles. The normalized spacial score (nSPS) is 12.0. The summed E-state index contributed by atoms with van der Waals surface area (Å²) in [4.78, 5) is 21.2. The zero-order valence-corrected chi connectivity index (χ0v) is 9.30. The van der Waals surface area contributed by atoms with Crippen LogP contribution in [0.15, 0.2) is 42.5 Å². The van der Waals surface area contributed by atoms with Crippen molar-refractivity contribution in [3.63, 3.8) is 0 Å². The van der Waals surface area contributed by atoms with Crippen LogP contribution >= 0.6 is 0 Å². The summed E-state index contributed by atoms with van der Waals surface area (Å²) in [6.45, 7) is 0. The maximum Gasteiger partial charge on any atom is 0.207 e. The third-order valence-corrected chi connectivity index (χ3v) is 2.80. The fourth-order valence-electron chi connectivity index (χ4n) is 2.02. The predicted molar refractivity (Wildman–Crippen MR) is 66.6 cm³/mol. The Hall–Kier alpha value is -2.16. The van der Waals surface area contributed by atoms with E-state index < -0.39 is 0 Å². The third kappa shape index (κ3) is 2.33. The SMILES string of the molecule is O=CCC(NC=O)c1cccc2ccccc12. The van der Waals surface area contributed by atoms with Crippen molar-refractivity contribution in [2.75, 3.05) is 0 Å². The molecule has 1 unspecified atom stereocenters. The van der Waals surface area contributed by atoms with E-state index in [9.17, 15) is 9.59 Å². The van der Waals surface area contributed by atoms with Crippen LogP contribution in [0.4, 0.5) is 0 Å². The number of hydrogen-bond acceptors (Lipinski definition) is 2. The Morgan fingerprint density at radius 2 is 1.82 bits per heavy atom. The number of carbonyl (C=O) groups is 2. The van der Waals surface area contributed by atoms with Gasteiger partial charge in [-0.25, -0.2) is 0 Å². The molecule has 2 rings (SSSR count). The van der Waals surface area contributed by atoms with Crippen LogP contribution in [0.2, 0.25) is 0 Å². The van der Waals surface area contributed by atoms with Gasteiger partial charge in [-0.3, -0.25) is 4.79 Å². The van der Waals surface area contributed by atoms with Crippen molar-refractivity contribution in [1.29, 1.82) is 0 Å². The van der Waals surface area contributed by atoms with Crippen molar-refractivity contribution in [1.82, 2.24) is 5.32 Å². The molecule has 1 N–H and O–H groups in total. The van der Waals surface area contributed by atoms with Gasteiger partial charge in [0.15, 0.2) is 0 Å². The lowest BCUT2D eigenvalue weighted by molar-refractivity contribution is -0.111. The Labute approximate surface area is 99.4 Å². The number of aldehydes is 1. The molecule has 0 radical (unpaired) electrons. The highest BCUT2D eigenvalue weighted by molar-refractivity contribution is 5.86. The van der Waals surface area contributed by atoms with Gasteiger partial charge in [-0.2, -0.15) is 0 Å². The Kier molecular flexibility index (Phi) is 3.50. The lowest BCUT2D eigenvalue weighted by Crippen LogP contribution is -2.20. The molecule has 0 aliphatic carbocycles. The van der Waals surface area contributed by atoms with E-state index in [1.54, 1.807) is 0 Å². The van der Waals surface area contributed by atoms with Gasteiger partial charge >= 0.3 is 0 Å². The van der Waals surface area contributed by atoms with Crippen molar-refractivity contribution in [2.24, 2.45) is 0 Å². The zero-order chi connectivity index (χ0) is 12.1. The fraction of sp³-hybridized carbons (Fsp3) is 0.143. The van der Waals surface area contributed by atoms with Gasteiger partial charge in [-0.1, -0.05) is 42.5 Å². The van der Waals surface area contributed by atoms with Gasteiger partial charge in [0.05, 0.1) is 6.04 Å². The van der Waals surface area contributed by atoms with Gasteiger partial charge in [0.2, 0.25) is 6.41 Å². The summed E-state index contributed by atoms with van der Waals surface area (Å²) in [5.74, 6) is 0. The first-order valence-electron chi connectivity index (χ1n) is 5.48. The molecule has 0 aliphatic heterocycles. The molecule has 3 heteroatoms. The van der Waals surface area contributed by atoms with Crippen molar-refractivity contribution >= 4 is 23.5 Å². The lowest BCUT2D eigenvalue weighted by atomic mass is 9.97. The average Bonchev–Trinajstić information content (AvgIpc) is 2.38. The molecule has 0 bridgehead atoms. The molecule has 86 valence electrons. The fourth-order valence-corrected chi connectivity index (χ4v) is 2.02. The molecule has 3 nitrogen and oxygen atoms in total. The number of amides is 1. The summed E-state index contributed by atoms with van der Waals surface area (Å²) in [7, 11) is 0. The monoisotopic (exact) mass is 227 g/mol. The summed E-state index contributed by atoms with van der Waals surface area (Å²) >= 11 is 0. The summed E-state index contributed by atoms with van der Waals surface area (Å²) in [6.07, 6.45) is 1.74. The Balaban J connectivity index is 2.51. The quantitative estimate of drug-likeness (QED) is 0.796. The highest BCUT2D eigenvalue weighted by Crippen LogP contribution is 2.25. The molecule has 1 atom stereocenters. The minimum absolute atomic E-state index is 0.254. The third-order valence-electron chi connectivity index (χ3n) is 2.80. The summed E-state index contributed by atoms with van der Waals surface area (Å²) in [5, 5.41) is 4.85. The molecular weight excluding hydrogens is 214 g/mol. The van der Waals surface area contributed by atoms with Gasteiger partial charge in [-0.05, 0) is 16.3 Å². The van der Waals surface area contributed by atoms with Crippen LogP contribution in [0.25, 0.3) is 10.8 Å². The predicted octanol–water partition coefficient (Wildman–Crippen LogP) is 2.22. The minimum Gasteiger partial charge on any atom is -0.351 e. The molecule has 0 spiro atoms. The van der Waals surface area contributed by atoms with E-state index in [4.69, 9.17) is 0 Å². The van der Waals surface area contributed by atoms with E-state index in [0.29, 0.717) is 6.41 Å². The Morgan fingerprint density at radius 3 is 2.59 bits per heavy atom. The van der Waals surface area contributed by atoms with Crippen molar-refractivity contribution in [3.05, 3.63) is 48.0 Å². The second-order valence-electron chi connectivity index (χ2n) is 3.81. The standard InChI is InChI=1S/C14H13NO2/c16-9-8-14(15-10-17)13-7-3-5-11-4-1-2-6-12(11)13/h1-7,9-10,14H,8H2,(H,15,17). The van der Waals surface area contributed by atoms with E-state index in [1.807, 2.05) is 42.5 Å². The number of nitrogens with one attached hydrogen (secondary N) is 1. The summed E-state index contributed by atoms with van der Waals surface area (Å²) in [6, 6.07) is 13.6. The first kappa shape index (κ1) is 11.3. The highest BCUT2D eigenvalue weighted by atomic mass is 16.1. The lowest BCUT2D eigenvalue weighted by Gasteiger charge is -2.16. The van der Waals surface area contributed by atoms with Crippen molar-refractivity contribution in [3.8, 4) is 0 Å². The maximum absolute atomic E-state index is 10.6. The van der Waals surface area contributed by atoms with Crippen LogP contribution < -0.4 is 5.32 Å². The molecule has 0 aromatic heterocycles. The van der Waals surface area contributed by atoms with Crippen LogP contribution in [0, 0.1) is 0 Å². The van der Waals surface area contributed by atoms with Crippen molar-refractivity contribution < 1.29 is 9.59 Å². The molecule has 0 aliphatic rings. The first-order valence-corrected chi connectivity index (χ1v) is 5.48. The van der Waals surface area contributed by atoms with Gasteiger partial charge in [0.1, 0.15) is 6.29 Å². The highest BCUT2D eigenvalue weighted by Gasteiger charge is 2.12. The maximum atomic E-state index is 10.6. The molecule has 0 fully saturated rings. The average molecular weight is 227 g/mol. The molecule has 1 amide bonds. The molecular formula is C14H13NO2. The number of rotatable bonds is 5. The second-order valence-corrected chi connectivity index (χ2v) is 3.81. The zero-order valence-electron chi connectivity index (χ0n) is 9.30. The van der Waals surface area contributed by atoms with Crippen molar-refractivity contribution in [2.45, 2.75) is 12.5 Å². The van der Waals surface area contributed by atoms with Gasteiger partial charge in [0.25, 0.3) is 0 Å². The van der Waals surface area contributed by atoms with E-state index in [0.717, 1.165) is 22.6 Å². The Morgan fingerprint density at radius 1 is 1.06 bits per heavy atom. The molecule has 0 heterocycles. The topological polar surface area (TPSA) is 46.2 Å². The van der Waals surface area contributed by atoms with Gasteiger partial charge in [0, 0.05) is 6.42 Å². The van der Waals surface area contributed by atoms with E-state index >= 15 is 0 Å². The van der Waals surface area contributed by atoms with Crippen LogP contribution in [0.1, 0.15) is 18.0 Å². The second kappa shape index (κ2) is 5.25. The molecule has 0 saturated heterocycles. The molecule has 2 aromatic rings. The number of carbonyl (C=O) groups excluding carboxylic acids is 2. The Bertz CT molecular complexity index is 521.